The van der Waals surface area contributed by atoms with Crippen LogP contribution >= 0.6 is 22.7 Å². The summed E-state index contributed by atoms with van der Waals surface area (Å²) in [5.74, 6) is -0.354. The summed E-state index contributed by atoms with van der Waals surface area (Å²) in [7, 11) is 0. The number of carbonyl (C=O) groups excluding carboxylic acids is 2. The van der Waals surface area contributed by atoms with Crippen LogP contribution < -0.4 is 4.90 Å². The fourth-order valence-electron chi connectivity index (χ4n) is 3.91. The maximum absolute atomic E-state index is 12.2. The Bertz CT molecular complexity index is 1400. The predicted octanol–water partition coefficient (Wildman–Crippen LogP) is 8.09. The molecule has 0 saturated heterocycles. The second-order valence-corrected chi connectivity index (χ2v) is 9.64. The Morgan fingerprint density at radius 1 is 0.853 bits per heavy atom. The van der Waals surface area contributed by atoms with Crippen LogP contribution in [-0.4, -0.2) is 18.9 Å². The Balaban J connectivity index is 1.56. The molecule has 0 atom stereocenters. The van der Waals surface area contributed by atoms with E-state index in [0.29, 0.717) is 16.4 Å². The van der Waals surface area contributed by atoms with E-state index < -0.39 is 0 Å². The molecule has 5 aromatic rings. The molecule has 0 aliphatic carbocycles. The fraction of sp³-hybridized carbons (Fsp3) is 0.0714. The number of fused-ring (bicyclic) bond motifs is 1. The minimum atomic E-state index is -0.354. The molecule has 5 rings (SSSR count). The number of nitrogens with zero attached hydrogens (tertiary/aromatic N) is 1. The van der Waals surface area contributed by atoms with E-state index in [9.17, 15) is 9.59 Å². The van der Waals surface area contributed by atoms with Crippen LogP contribution in [0.2, 0.25) is 0 Å². The van der Waals surface area contributed by atoms with Crippen LogP contribution in [0.3, 0.4) is 0 Å². The lowest BCUT2D eigenvalue weighted by Crippen LogP contribution is -2.09. The second kappa shape index (κ2) is 9.63. The Morgan fingerprint density at radius 2 is 1.44 bits per heavy atom. The average molecular weight is 484 g/mol. The van der Waals surface area contributed by atoms with E-state index in [0.717, 1.165) is 43.9 Å². The summed E-state index contributed by atoms with van der Waals surface area (Å²) >= 11 is 2.76. The zero-order valence-electron chi connectivity index (χ0n) is 18.4. The van der Waals surface area contributed by atoms with E-state index in [-0.39, 0.29) is 5.97 Å². The minimum Gasteiger partial charge on any atom is -0.462 e. The number of benzene rings is 3. The van der Waals surface area contributed by atoms with Crippen molar-refractivity contribution in [3.63, 3.8) is 0 Å². The fourth-order valence-corrected chi connectivity index (χ4v) is 6.18. The summed E-state index contributed by atoms with van der Waals surface area (Å²) in [6.45, 7) is 2.10. The summed E-state index contributed by atoms with van der Waals surface area (Å²) in [5.41, 5.74) is 4.17. The van der Waals surface area contributed by atoms with Crippen LogP contribution in [0.15, 0.2) is 91.0 Å². The van der Waals surface area contributed by atoms with Crippen molar-refractivity contribution in [3.8, 4) is 10.4 Å². The normalized spacial score (nSPS) is 10.9. The third-order valence-electron chi connectivity index (χ3n) is 5.41. The molecule has 0 saturated carbocycles. The number of esters is 1. The summed E-state index contributed by atoms with van der Waals surface area (Å²) in [6.07, 6.45) is 0.864. The molecule has 0 bridgehead atoms. The summed E-state index contributed by atoms with van der Waals surface area (Å²) < 4.78 is 5.98. The van der Waals surface area contributed by atoms with Gasteiger partial charge in [0.25, 0.3) is 0 Å². The van der Waals surface area contributed by atoms with Gasteiger partial charge in [-0.05, 0) is 55.0 Å². The largest absolute Gasteiger partial charge is 0.462 e. The second-order valence-electron chi connectivity index (χ2n) is 7.54. The molecule has 3 aromatic carbocycles. The third-order valence-corrected chi connectivity index (χ3v) is 7.87. The van der Waals surface area contributed by atoms with Gasteiger partial charge in [-0.2, -0.15) is 0 Å². The quantitative estimate of drug-likeness (QED) is 0.173. The number of hydrogen-bond acceptors (Lipinski definition) is 6. The molecule has 0 radical (unpaired) electrons. The molecule has 0 N–H and O–H groups in total. The van der Waals surface area contributed by atoms with Gasteiger partial charge < -0.3 is 9.64 Å². The van der Waals surface area contributed by atoms with Crippen molar-refractivity contribution >= 4 is 62.1 Å². The maximum Gasteiger partial charge on any atom is 0.348 e. The first-order chi connectivity index (χ1) is 16.7. The average Bonchev–Trinajstić information content (AvgIpc) is 3.46. The number of aldehydes is 1. The molecule has 34 heavy (non-hydrogen) atoms. The predicted molar refractivity (Wildman–Crippen MR) is 141 cm³/mol. The van der Waals surface area contributed by atoms with Crippen molar-refractivity contribution < 1.29 is 14.3 Å². The van der Waals surface area contributed by atoms with Gasteiger partial charge in [0, 0.05) is 27.3 Å². The SMILES string of the molecule is CCOC(=O)c1cc2c(-c3ccc(N(c4ccccc4)c4ccccc4)cc3)sc(C=O)c2s1. The monoisotopic (exact) mass is 483 g/mol. The topological polar surface area (TPSA) is 46.6 Å². The lowest BCUT2D eigenvalue weighted by Gasteiger charge is -2.25. The molecule has 2 heterocycles. The van der Waals surface area contributed by atoms with E-state index in [1.54, 1.807) is 6.92 Å². The van der Waals surface area contributed by atoms with Gasteiger partial charge in [0.1, 0.15) is 4.88 Å². The first-order valence-corrected chi connectivity index (χ1v) is 12.5. The van der Waals surface area contributed by atoms with E-state index in [4.69, 9.17) is 4.74 Å². The van der Waals surface area contributed by atoms with Crippen molar-refractivity contribution in [3.05, 3.63) is 101 Å². The van der Waals surface area contributed by atoms with Gasteiger partial charge in [-0.25, -0.2) is 4.79 Å². The van der Waals surface area contributed by atoms with E-state index in [2.05, 4.69) is 53.4 Å². The highest BCUT2D eigenvalue weighted by atomic mass is 32.1. The summed E-state index contributed by atoms with van der Waals surface area (Å²) in [6, 6.07) is 30.6. The van der Waals surface area contributed by atoms with Gasteiger partial charge in [-0.15, -0.1) is 22.7 Å². The van der Waals surface area contributed by atoms with Crippen LogP contribution in [0.1, 0.15) is 26.3 Å². The molecule has 0 spiro atoms. The van der Waals surface area contributed by atoms with Crippen LogP contribution in [0.4, 0.5) is 17.1 Å². The number of para-hydroxylation sites is 2. The number of hydrogen-bond donors (Lipinski definition) is 0. The van der Waals surface area contributed by atoms with Gasteiger partial charge in [-0.3, -0.25) is 4.79 Å². The first-order valence-electron chi connectivity index (χ1n) is 10.9. The molecule has 0 aliphatic rings. The van der Waals surface area contributed by atoms with Gasteiger partial charge in [0.2, 0.25) is 0 Å². The minimum absolute atomic E-state index is 0.317. The number of ether oxygens (including phenoxy) is 1. The maximum atomic E-state index is 12.2. The van der Waals surface area contributed by atoms with Crippen molar-refractivity contribution in [1.29, 1.82) is 0 Å². The van der Waals surface area contributed by atoms with Gasteiger partial charge in [0.05, 0.1) is 16.2 Å². The number of thiophene rings is 2. The van der Waals surface area contributed by atoms with E-state index in [1.165, 1.54) is 22.7 Å². The molecule has 168 valence electrons. The number of carbonyl (C=O) groups is 2. The number of rotatable bonds is 7. The molecular formula is C28H21NO3S2. The van der Waals surface area contributed by atoms with Crippen LogP contribution in [0, 0.1) is 0 Å². The molecule has 0 unspecified atom stereocenters. The van der Waals surface area contributed by atoms with Crippen LogP contribution in [-0.2, 0) is 4.74 Å². The number of anilines is 3. The standard InChI is InChI=1S/C28H21NO3S2/c1-2-32-28(31)24-17-23-26(34-25(18-30)27(23)33-24)19-13-15-22(16-14-19)29(20-9-5-3-6-10-20)21-11-7-4-8-12-21/h3-18H,2H2,1H3. The van der Waals surface area contributed by atoms with Gasteiger partial charge in [-0.1, -0.05) is 48.5 Å². The van der Waals surface area contributed by atoms with Crippen molar-refractivity contribution in [2.45, 2.75) is 6.92 Å². The Labute approximate surface area is 205 Å². The Hall–Kier alpha value is -3.74. The van der Waals surface area contributed by atoms with Crippen molar-refractivity contribution in [2.24, 2.45) is 0 Å². The van der Waals surface area contributed by atoms with Crippen molar-refractivity contribution in [1.82, 2.24) is 0 Å². The van der Waals surface area contributed by atoms with Gasteiger partial charge >= 0.3 is 5.97 Å². The van der Waals surface area contributed by atoms with E-state index in [1.807, 2.05) is 42.5 Å². The summed E-state index contributed by atoms with van der Waals surface area (Å²) in [5, 5.41) is 0.913. The highest BCUT2D eigenvalue weighted by Crippen LogP contribution is 2.43. The smallest absolute Gasteiger partial charge is 0.348 e. The molecule has 0 amide bonds. The molecular weight excluding hydrogens is 462 g/mol. The Morgan fingerprint density at radius 3 is 2.00 bits per heavy atom. The molecule has 2 aromatic heterocycles. The molecule has 6 heteroatoms. The van der Waals surface area contributed by atoms with Crippen LogP contribution in [0.5, 0.6) is 0 Å². The molecule has 0 aliphatic heterocycles. The molecule has 0 fully saturated rings. The van der Waals surface area contributed by atoms with Crippen LogP contribution in [0.25, 0.3) is 20.5 Å². The first kappa shape index (κ1) is 22.1. The lowest BCUT2D eigenvalue weighted by atomic mass is 10.1. The molecule has 4 nitrogen and oxygen atoms in total. The zero-order chi connectivity index (χ0) is 23.5. The highest BCUT2D eigenvalue weighted by Gasteiger charge is 2.20. The van der Waals surface area contributed by atoms with Crippen molar-refractivity contribution in [2.75, 3.05) is 11.5 Å². The van der Waals surface area contributed by atoms with Gasteiger partial charge in [0.15, 0.2) is 6.29 Å². The summed E-state index contributed by atoms with van der Waals surface area (Å²) in [4.78, 5) is 28.3. The highest BCUT2D eigenvalue weighted by molar-refractivity contribution is 7.28. The lowest BCUT2D eigenvalue weighted by molar-refractivity contribution is 0.0532. The third kappa shape index (κ3) is 4.14. The van der Waals surface area contributed by atoms with E-state index >= 15 is 0 Å². The Kier molecular flexibility index (Phi) is 6.25. The zero-order valence-corrected chi connectivity index (χ0v) is 20.1.